The molecule has 7 nitrogen and oxygen atoms in total. The standard InChI is InChI=1S/C14H18N2O5/c1-18-3-5-20-12-7-10-9-15-16-14(17)11(10)8-13(12)21-6-4-19-2/h7-9H,3-6H2,1-2H3,(H,16,17). The molecule has 0 radical (unpaired) electrons. The lowest BCUT2D eigenvalue weighted by atomic mass is 10.2. The Balaban J connectivity index is 2.32. The van der Waals surface area contributed by atoms with Crippen molar-refractivity contribution in [1.29, 1.82) is 0 Å². The highest BCUT2D eigenvalue weighted by Crippen LogP contribution is 2.31. The van der Waals surface area contributed by atoms with E-state index in [1.807, 2.05) is 0 Å². The summed E-state index contributed by atoms with van der Waals surface area (Å²) in [6.07, 6.45) is 1.57. The summed E-state index contributed by atoms with van der Waals surface area (Å²) in [5, 5.41) is 7.35. The Bertz CT molecular complexity index is 641. The lowest BCUT2D eigenvalue weighted by Gasteiger charge is -2.13. The van der Waals surface area contributed by atoms with Gasteiger partial charge in [0.25, 0.3) is 5.56 Å². The number of aromatic amines is 1. The average molecular weight is 294 g/mol. The number of hydrogen-bond acceptors (Lipinski definition) is 6. The fourth-order valence-corrected chi connectivity index (χ4v) is 1.80. The number of methoxy groups -OCH3 is 2. The lowest BCUT2D eigenvalue weighted by molar-refractivity contribution is 0.132. The van der Waals surface area contributed by atoms with Crippen LogP contribution in [0.1, 0.15) is 0 Å². The number of nitrogens with one attached hydrogen (secondary N) is 1. The van der Waals surface area contributed by atoms with Crippen molar-refractivity contribution in [2.24, 2.45) is 0 Å². The van der Waals surface area contributed by atoms with Crippen LogP contribution in [0.5, 0.6) is 11.5 Å². The maximum Gasteiger partial charge on any atom is 0.272 e. The van der Waals surface area contributed by atoms with Crippen molar-refractivity contribution in [3.63, 3.8) is 0 Å². The van der Waals surface area contributed by atoms with Gasteiger partial charge in [-0.15, -0.1) is 0 Å². The average Bonchev–Trinajstić information content (AvgIpc) is 2.49. The molecule has 7 heteroatoms. The molecular formula is C14H18N2O5. The Morgan fingerprint density at radius 1 is 1.00 bits per heavy atom. The van der Waals surface area contributed by atoms with E-state index in [1.165, 1.54) is 0 Å². The number of ether oxygens (including phenoxy) is 4. The maximum absolute atomic E-state index is 11.8. The van der Waals surface area contributed by atoms with Crippen molar-refractivity contribution in [2.45, 2.75) is 0 Å². The molecule has 114 valence electrons. The van der Waals surface area contributed by atoms with Gasteiger partial charge in [0.1, 0.15) is 13.2 Å². The zero-order chi connectivity index (χ0) is 15.1. The second-order valence-electron chi connectivity index (χ2n) is 4.27. The summed E-state index contributed by atoms with van der Waals surface area (Å²) in [4.78, 5) is 11.8. The second kappa shape index (κ2) is 7.61. The fraction of sp³-hybridized carbons (Fsp3) is 0.429. The molecular weight excluding hydrogens is 276 g/mol. The molecule has 1 aromatic carbocycles. The van der Waals surface area contributed by atoms with Crippen molar-refractivity contribution in [3.8, 4) is 11.5 Å². The number of H-pyrrole nitrogens is 1. The Morgan fingerprint density at radius 3 is 2.24 bits per heavy atom. The van der Waals surface area contributed by atoms with Gasteiger partial charge in [0.15, 0.2) is 11.5 Å². The van der Waals surface area contributed by atoms with E-state index < -0.39 is 0 Å². The second-order valence-corrected chi connectivity index (χ2v) is 4.27. The molecule has 0 bridgehead atoms. The Kier molecular flexibility index (Phi) is 5.53. The molecule has 0 saturated heterocycles. The van der Waals surface area contributed by atoms with Gasteiger partial charge in [-0.25, -0.2) is 5.10 Å². The quantitative estimate of drug-likeness (QED) is 0.731. The van der Waals surface area contributed by atoms with E-state index >= 15 is 0 Å². The van der Waals surface area contributed by atoms with E-state index in [9.17, 15) is 4.79 Å². The van der Waals surface area contributed by atoms with Crippen LogP contribution in [0.4, 0.5) is 0 Å². The SMILES string of the molecule is COCCOc1cc2cn[nH]c(=O)c2cc1OCCOC. The Labute approximate surface area is 121 Å². The monoisotopic (exact) mass is 294 g/mol. The minimum Gasteiger partial charge on any atom is -0.487 e. The van der Waals surface area contributed by atoms with Crippen LogP contribution in [0.3, 0.4) is 0 Å². The summed E-state index contributed by atoms with van der Waals surface area (Å²) < 4.78 is 21.1. The first kappa shape index (κ1) is 15.3. The topological polar surface area (TPSA) is 82.7 Å². The first-order valence-electron chi connectivity index (χ1n) is 6.51. The van der Waals surface area contributed by atoms with Crippen LogP contribution in [0, 0.1) is 0 Å². The summed E-state index contributed by atoms with van der Waals surface area (Å²) in [6.45, 7) is 1.66. The molecule has 21 heavy (non-hydrogen) atoms. The summed E-state index contributed by atoms with van der Waals surface area (Å²) >= 11 is 0. The highest BCUT2D eigenvalue weighted by atomic mass is 16.5. The normalized spacial score (nSPS) is 10.8. The van der Waals surface area contributed by atoms with Crippen molar-refractivity contribution in [3.05, 3.63) is 28.7 Å². The molecule has 0 atom stereocenters. The van der Waals surface area contributed by atoms with Gasteiger partial charge in [0.2, 0.25) is 0 Å². The van der Waals surface area contributed by atoms with Crippen molar-refractivity contribution < 1.29 is 18.9 Å². The van der Waals surface area contributed by atoms with Crippen LogP contribution in [-0.4, -0.2) is 50.8 Å². The molecule has 1 N–H and O–H groups in total. The molecule has 0 unspecified atom stereocenters. The molecule has 2 aromatic rings. The first-order chi connectivity index (χ1) is 10.3. The van der Waals surface area contributed by atoms with Crippen molar-refractivity contribution in [1.82, 2.24) is 10.2 Å². The van der Waals surface area contributed by atoms with Gasteiger partial charge < -0.3 is 18.9 Å². The fourth-order valence-electron chi connectivity index (χ4n) is 1.80. The number of nitrogens with zero attached hydrogens (tertiary/aromatic N) is 1. The lowest BCUT2D eigenvalue weighted by Crippen LogP contribution is -2.11. The molecule has 1 aromatic heterocycles. The number of fused-ring (bicyclic) bond motifs is 1. The predicted molar refractivity (Wildman–Crippen MR) is 77.1 cm³/mol. The molecule has 2 rings (SSSR count). The van der Waals surface area contributed by atoms with Gasteiger partial charge >= 0.3 is 0 Å². The van der Waals surface area contributed by atoms with Crippen LogP contribution < -0.4 is 15.0 Å². The molecule has 0 fully saturated rings. The highest BCUT2D eigenvalue weighted by Gasteiger charge is 2.10. The molecule has 0 spiro atoms. The van der Waals surface area contributed by atoms with E-state index in [-0.39, 0.29) is 5.56 Å². The first-order valence-corrected chi connectivity index (χ1v) is 6.51. The zero-order valence-corrected chi connectivity index (χ0v) is 12.0. The zero-order valence-electron chi connectivity index (χ0n) is 12.0. The molecule has 0 saturated carbocycles. The third-order valence-electron chi connectivity index (χ3n) is 2.82. The molecule has 0 aliphatic rings. The third-order valence-corrected chi connectivity index (χ3v) is 2.82. The van der Waals surface area contributed by atoms with Crippen LogP contribution in [0.25, 0.3) is 10.8 Å². The number of hydrogen-bond donors (Lipinski definition) is 1. The van der Waals surface area contributed by atoms with Crippen LogP contribution in [-0.2, 0) is 9.47 Å². The molecule has 0 aliphatic carbocycles. The Morgan fingerprint density at radius 2 is 1.62 bits per heavy atom. The summed E-state index contributed by atoms with van der Waals surface area (Å²) in [6, 6.07) is 3.38. The van der Waals surface area contributed by atoms with Gasteiger partial charge in [0, 0.05) is 19.6 Å². The number of rotatable bonds is 8. The summed E-state index contributed by atoms with van der Waals surface area (Å²) in [5.74, 6) is 1.04. The summed E-state index contributed by atoms with van der Waals surface area (Å²) in [5.41, 5.74) is -0.271. The molecule has 0 amide bonds. The predicted octanol–water partition coefficient (Wildman–Crippen LogP) is 0.974. The number of aromatic nitrogens is 2. The minimum atomic E-state index is -0.271. The molecule has 1 heterocycles. The van der Waals surface area contributed by atoms with Gasteiger partial charge in [-0.1, -0.05) is 0 Å². The van der Waals surface area contributed by atoms with Crippen LogP contribution >= 0.6 is 0 Å². The number of benzene rings is 1. The van der Waals surface area contributed by atoms with Gasteiger partial charge in [-0.3, -0.25) is 4.79 Å². The van der Waals surface area contributed by atoms with Gasteiger partial charge in [0.05, 0.1) is 24.8 Å². The molecule has 0 aliphatic heterocycles. The van der Waals surface area contributed by atoms with Crippen molar-refractivity contribution in [2.75, 3.05) is 40.6 Å². The van der Waals surface area contributed by atoms with Crippen LogP contribution in [0.2, 0.25) is 0 Å². The largest absolute Gasteiger partial charge is 0.487 e. The van der Waals surface area contributed by atoms with E-state index in [0.717, 1.165) is 0 Å². The van der Waals surface area contributed by atoms with E-state index in [1.54, 1.807) is 32.5 Å². The minimum absolute atomic E-state index is 0.271. The van der Waals surface area contributed by atoms with Crippen LogP contribution in [0.15, 0.2) is 23.1 Å². The third kappa shape index (κ3) is 3.93. The van der Waals surface area contributed by atoms with E-state index in [4.69, 9.17) is 18.9 Å². The van der Waals surface area contributed by atoms with Gasteiger partial charge in [-0.2, -0.15) is 5.10 Å². The Hall–Kier alpha value is -2.12. The van der Waals surface area contributed by atoms with E-state index in [2.05, 4.69) is 10.2 Å². The summed E-state index contributed by atoms with van der Waals surface area (Å²) in [7, 11) is 3.19. The van der Waals surface area contributed by atoms with Gasteiger partial charge in [-0.05, 0) is 12.1 Å². The smallest absolute Gasteiger partial charge is 0.272 e. The van der Waals surface area contributed by atoms with E-state index in [0.29, 0.717) is 48.7 Å². The maximum atomic E-state index is 11.8. The highest BCUT2D eigenvalue weighted by molar-refractivity contribution is 5.84. The van der Waals surface area contributed by atoms with Crippen molar-refractivity contribution >= 4 is 10.8 Å².